The number of fused-ring (bicyclic) bond motifs is 1. The third-order valence-electron chi connectivity index (χ3n) is 3.02. The fraction of sp³-hybridized carbons (Fsp3) is 0.417. The largest absolute Gasteiger partial charge is 0.430 e. The predicted molar refractivity (Wildman–Crippen MR) is 73.5 cm³/mol. The van der Waals surface area contributed by atoms with Crippen LogP contribution in [0.1, 0.15) is 6.42 Å². The number of oxazole rings is 1. The summed E-state index contributed by atoms with van der Waals surface area (Å²) >= 11 is 0. The van der Waals surface area contributed by atoms with E-state index in [0.29, 0.717) is 22.5 Å². The first-order valence-corrected chi connectivity index (χ1v) is 7.09. The van der Waals surface area contributed by atoms with Gasteiger partial charge in [-0.3, -0.25) is 0 Å². The van der Waals surface area contributed by atoms with Gasteiger partial charge in [-0.25, -0.2) is 9.19 Å². The van der Waals surface area contributed by atoms with Crippen molar-refractivity contribution in [1.82, 2.24) is 10.3 Å². The zero-order chi connectivity index (χ0) is 11.7. The number of nitrogens with one attached hydrogen (secondary N) is 1. The van der Waals surface area contributed by atoms with Crippen LogP contribution in [0.3, 0.4) is 0 Å². The van der Waals surface area contributed by atoms with E-state index in [9.17, 15) is 4.21 Å². The van der Waals surface area contributed by atoms with Gasteiger partial charge in [-0.15, -0.1) is 12.4 Å². The Balaban J connectivity index is 0.00000120. The molecule has 1 N–H and O–H groups in total. The lowest BCUT2D eigenvalue weighted by Gasteiger charge is -2.04. The summed E-state index contributed by atoms with van der Waals surface area (Å²) in [6.07, 6.45) is 1.09. The summed E-state index contributed by atoms with van der Waals surface area (Å²) in [5.41, 5.74) is 1.49. The zero-order valence-corrected chi connectivity index (χ0v) is 11.4. The average molecular weight is 287 g/mol. The van der Waals surface area contributed by atoms with Gasteiger partial charge in [0.1, 0.15) is 16.3 Å². The van der Waals surface area contributed by atoms with Crippen LogP contribution in [0.25, 0.3) is 11.1 Å². The van der Waals surface area contributed by atoms with Crippen LogP contribution in [-0.4, -0.2) is 28.0 Å². The molecule has 0 aliphatic carbocycles. The molecule has 0 bridgehead atoms. The number of benzene rings is 1. The number of nitrogens with zero attached hydrogens (tertiary/aromatic N) is 1. The van der Waals surface area contributed by atoms with Gasteiger partial charge in [-0.05, 0) is 37.6 Å². The number of halogens is 1. The second-order valence-electron chi connectivity index (χ2n) is 4.32. The molecule has 1 fully saturated rings. The number of rotatable bonds is 3. The summed E-state index contributed by atoms with van der Waals surface area (Å²) in [5, 5.41) is 3.63. The Hall–Kier alpha value is -0.910. The van der Waals surface area contributed by atoms with Crippen LogP contribution in [0.4, 0.5) is 0 Å². The van der Waals surface area contributed by atoms with E-state index in [2.05, 4.69) is 10.3 Å². The topological polar surface area (TPSA) is 55.1 Å². The van der Waals surface area contributed by atoms with Crippen LogP contribution in [0.2, 0.25) is 0 Å². The Bertz CT molecular complexity index is 519. The minimum absolute atomic E-state index is 0. The molecule has 1 aliphatic rings. The van der Waals surface area contributed by atoms with Gasteiger partial charge in [-0.2, -0.15) is 0 Å². The molecular formula is C12H15ClN2O2S. The quantitative estimate of drug-likeness (QED) is 0.937. The predicted octanol–water partition coefficient (Wildman–Crippen LogP) is 1.97. The summed E-state index contributed by atoms with van der Waals surface area (Å²) in [5.74, 6) is 1.12. The molecule has 0 spiro atoms. The van der Waals surface area contributed by atoms with E-state index in [1.807, 2.05) is 24.3 Å². The second kappa shape index (κ2) is 5.82. The summed E-state index contributed by atoms with van der Waals surface area (Å²) in [4.78, 5) is 4.27. The summed E-state index contributed by atoms with van der Waals surface area (Å²) in [6, 6.07) is 7.51. The lowest BCUT2D eigenvalue weighted by atomic mass is 10.2. The Morgan fingerprint density at radius 2 is 2.28 bits per heavy atom. The van der Waals surface area contributed by atoms with Crippen molar-refractivity contribution in [1.29, 1.82) is 0 Å². The standard InChI is InChI=1S/C12H14N2O2S.ClH/c15-17(8-9-5-6-13-7-9)12-14-10-3-1-2-4-11(10)16-12;/h1-4,9,13H,5-8H2;1H. The molecule has 1 aromatic heterocycles. The zero-order valence-electron chi connectivity index (χ0n) is 9.80. The molecule has 1 saturated heterocycles. The van der Waals surface area contributed by atoms with Gasteiger partial charge < -0.3 is 9.73 Å². The fourth-order valence-electron chi connectivity index (χ4n) is 2.09. The van der Waals surface area contributed by atoms with E-state index < -0.39 is 10.8 Å². The van der Waals surface area contributed by atoms with E-state index in [-0.39, 0.29) is 12.4 Å². The van der Waals surface area contributed by atoms with Crippen LogP contribution in [0.5, 0.6) is 0 Å². The molecule has 98 valence electrons. The number of hydrogen-bond donors (Lipinski definition) is 1. The molecule has 2 aromatic rings. The second-order valence-corrected chi connectivity index (χ2v) is 5.69. The molecule has 0 radical (unpaired) electrons. The number of hydrogen-bond acceptors (Lipinski definition) is 4. The van der Waals surface area contributed by atoms with Crippen LogP contribution in [0, 0.1) is 5.92 Å². The third-order valence-corrected chi connectivity index (χ3v) is 4.36. The van der Waals surface area contributed by atoms with Gasteiger partial charge in [0.2, 0.25) is 0 Å². The smallest absolute Gasteiger partial charge is 0.287 e. The molecule has 2 unspecified atom stereocenters. The lowest BCUT2D eigenvalue weighted by molar-refractivity contribution is 0.475. The highest BCUT2D eigenvalue weighted by Crippen LogP contribution is 2.19. The minimum atomic E-state index is -1.12. The average Bonchev–Trinajstić information content (AvgIpc) is 2.96. The van der Waals surface area contributed by atoms with E-state index in [1.165, 1.54) is 0 Å². The first-order chi connectivity index (χ1) is 8.33. The first-order valence-electron chi connectivity index (χ1n) is 5.77. The number of aromatic nitrogens is 1. The highest BCUT2D eigenvalue weighted by Gasteiger charge is 2.21. The Morgan fingerprint density at radius 1 is 1.44 bits per heavy atom. The SMILES string of the molecule is Cl.O=S(CC1CCNC1)c1nc2ccccc2o1. The van der Waals surface area contributed by atoms with Gasteiger partial charge in [0.25, 0.3) is 5.22 Å². The van der Waals surface area contributed by atoms with Crippen molar-refractivity contribution < 1.29 is 8.63 Å². The normalized spacial score (nSPS) is 20.8. The molecule has 1 aliphatic heterocycles. The third kappa shape index (κ3) is 2.74. The van der Waals surface area contributed by atoms with Crippen LogP contribution < -0.4 is 5.32 Å². The van der Waals surface area contributed by atoms with Gasteiger partial charge in [0, 0.05) is 5.75 Å². The summed E-state index contributed by atoms with van der Waals surface area (Å²) < 4.78 is 17.6. The molecular weight excluding hydrogens is 272 g/mol. The van der Waals surface area contributed by atoms with E-state index in [0.717, 1.165) is 25.0 Å². The van der Waals surface area contributed by atoms with Crippen molar-refractivity contribution in [2.75, 3.05) is 18.8 Å². The van der Waals surface area contributed by atoms with Crippen molar-refractivity contribution in [3.8, 4) is 0 Å². The molecule has 0 amide bonds. The number of para-hydroxylation sites is 2. The first kappa shape index (κ1) is 13.5. The minimum Gasteiger partial charge on any atom is -0.430 e. The maximum Gasteiger partial charge on any atom is 0.287 e. The maximum absolute atomic E-state index is 12.1. The highest BCUT2D eigenvalue weighted by molar-refractivity contribution is 7.84. The molecule has 2 atom stereocenters. The van der Waals surface area contributed by atoms with Crippen LogP contribution in [0.15, 0.2) is 33.9 Å². The van der Waals surface area contributed by atoms with E-state index in [4.69, 9.17) is 4.42 Å². The molecule has 1 aromatic carbocycles. The molecule has 0 saturated carbocycles. The molecule has 18 heavy (non-hydrogen) atoms. The molecule has 3 rings (SSSR count). The molecule has 6 heteroatoms. The van der Waals surface area contributed by atoms with Crippen molar-refractivity contribution in [2.24, 2.45) is 5.92 Å². The van der Waals surface area contributed by atoms with Crippen molar-refractivity contribution >= 4 is 34.3 Å². The van der Waals surface area contributed by atoms with Crippen molar-refractivity contribution in [3.05, 3.63) is 24.3 Å². The van der Waals surface area contributed by atoms with Gasteiger partial charge >= 0.3 is 0 Å². The van der Waals surface area contributed by atoms with Gasteiger partial charge in [-0.1, -0.05) is 12.1 Å². The van der Waals surface area contributed by atoms with Crippen LogP contribution in [-0.2, 0) is 10.8 Å². The summed E-state index contributed by atoms with van der Waals surface area (Å²) in [7, 11) is -1.12. The summed E-state index contributed by atoms with van der Waals surface area (Å²) in [6.45, 7) is 1.97. The molecule has 4 nitrogen and oxygen atoms in total. The van der Waals surface area contributed by atoms with Crippen molar-refractivity contribution in [2.45, 2.75) is 11.6 Å². The highest BCUT2D eigenvalue weighted by atomic mass is 35.5. The maximum atomic E-state index is 12.1. The van der Waals surface area contributed by atoms with Crippen LogP contribution >= 0.6 is 12.4 Å². The molecule has 2 heterocycles. The van der Waals surface area contributed by atoms with Crippen molar-refractivity contribution in [3.63, 3.8) is 0 Å². The Morgan fingerprint density at radius 3 is 3.00 bits per heavy atom. The van der Waals surface area contributed by atoms with E-state index in [1.54, 1.807) is 0 Å². The van der Waals surface area contributed by atoms with Gasteiger partial charge in [0.05, 0.1) is 0 Å². The lowest BCUT2D eigenvalue weighted by Crippen LogP contribution is -2.15. The van der Waals surface area contributed by atoms with E-state index >= 15 is 0 Å². The fourth-order valence-corrected chi connectivity index (χ4v) is 3.33. The Labute approximate surface area is 114 Å². The monoisotopic (exact) mass is 286 g/mol. The van der Waals surface area contributed by atoms with Gasteiger partial charge in [0.15, 0.2) is 5.58 Å². The Kier molecular flexibility index (Phi) is 4.37.